The van der Waals surface area contributed by atoms with Gasteiger partial charge in [0.05, 0.1) is 4.88 Å². The number of hydrogen-bond donors (Lipinski definition) is 1. The van der Waals surface area contributed by atoms with E-state index < -0.39 is 0 Å². The van der Waals surface area contributed by atoms with Gasteiger partial charge in [0.25, 0.3) is 5.91 Å². The molecule has 0 aliphatic rings. The van der Waals surface area contributed by atoms with Crippen LogP contribution in [0.25, 0.3) is 6.08 Å². The molecule has 0 aliphatic heterocycles. The summed E-state index contributed by atoms with van der Waals surface area (Å²) in [5, 5.41) is 4.56. The first-order valence-electron chi connectivity index (χ1n) is 6.94. The maximum absolute atomic E-state index is 12.0. The van der Waals surface area contributed by atoms with E-state index in [9.17, 15) is 9.59 Å². The molecule has 0 spiro atoms. The summed E-state index contributed by atoms with van der Waals surface area (Å²) >= 11 is 13.3. The number of allylic oxidation sites excluding steroid dienone is 1. The summed E-state index contributed by atoms with van der Waals surface area (Å²) in [5.41, 5.74) is 0.904. The third-order valence-corrected chi connectivity index (χ3v) is 4.98. The van der Waals surface area contributed by atoms with Gasteiger partial charge in [-0.1, -0.05) is 56.2 Å². The Labute approximate surface area is 166 Å². The van der Waals surface area contributed by atoms with E-state index in [4.69, 9.17) is 12.2 Å². The minimum atomic E-state index is -0.172. The second kappa shape index (κ2) is 9.36. The average Bonchev–Trinajstić information content (AvgIpc) is 3.04. The van der Waals surface area contributed by atoms with Crippen molar-refractivity contribution in [1.29, 1.82) is 0 Å². The Morgan fingerprint density at radius 2 is 1.92 bits per heavy atom. The van der Waals surface area contributed by atoms with Gasteiger partial charge in [-0.05, 0) is 41.3 Å². The molecule has 124 valence electrons. The summed E-state index contributed by atoms with van der Waals surface area (Å²) in [6, 6.07) is 9.30. The lowest BCUT2D eigenvalue weighted by Gasteiger charge is -2.04. The van der Waals surface area contributed by atoms with Crippen LogP contribution in [-0.2, 0) is 4.79 Å². The molecule has 1 aromatic carbocycles. The lowest BCUT2D eigenvalue weighted by atomic mass is 10.1. The Morgan fingerprint density at radius 3 is 2.54 bits per heavy atom. The van der Waals surface area contributed by atoms with Gasteiger partial charge in [0.15, 0.2) is 5.78 Å². The van der Waals surface area contributed by atoms with Gasteiger partial charge >= 0.3 is 0 Å². The Morgan fingerprint density at radius 1 is 1.21 bits per heavy atom. The van der Waals surface area contributed by atoms with E-state index >= 15 is 0 Å². The van der Waals surface area contributed by atoms with E-state index in [0.717, 1.165) is 14.5 Å². The van der Waals surface area contributed by atoms with Crippen LogP contribution in [0.15, 0.2) is 50.7 Å². The SMILES string of the molecule is O=C(/C=C/c1cc(Br)cc(Br)c1)CC(=S)CNC(=O)c1cccs1. The fourth-order valence-corrected chi connectivity index (χ4v) is 4.03. The van der Waals surface area contributed by atoms with Gasteiger partial charge < -0.3 is 5.32 Å². The first kappa shape index (κ1) is 19.2. The highest BCUT2D eigenvalue weighted by molar-refractivity contribution is 9.11. The predicted molar refractivity (Wildman–Crippen MR) is 110 cm³/mol. The molecule has 1 amide bonds. The fourth-order valence-electron chi connectivity index (χ4n) is 1.85. The standard InChI is InChI=1S/C17H13Br2NO2S2/c18-12-6-11(7-13(19)8-12)3-4-14(21)9-15(23)10-20-17(22)16-2-1-5-24-16/h1-8H,9-10H2,(H,20,22)/b4-3+. The molecule has 2 rings (SSSR count). The minimum absolute atomic E-state index is 0.0959. The number of halogens is 2. The number of carbonyl (C=O) groups is 2. The second-order valence-corrected chi connectivity index (χ2v) is 8.23. The number of benzene rings is 1. The molecular formula is C17H13Br2NO2S2. The Balaban J connectivity index is 1.82. The van der Waals surface area contributed by atoms with E-state index in [1.807, 2.05) is 29.6 Å². The number of rotatable bonds is 7. The van der Waals surface area contributed by atoms with Crippen LogP contribution in [0.2, 0.25) is 0 Å². The van der Waals surface area contributed by atoms with E-state index in [2.05, 4.69) is 37.2 Å². The van der Waals surface area contributed by atoms with Crippen LogP contribution >= 0.6 is 55.4 Å². The van der Waals surface area contributed by atoms with Gasteiger partial charge in [-0.15, -0.1) is 11.3 Å². The zero-order valence-corrected chi connectivity index (χ0v) is 17.2. The predicted octanol–water partition coefficient (Wildman–Crippen LogP) is 5.05. The topological polar surface area (TPSA) is 46.2 Å². The third-order valence-electron chi connectivity index (χ3n) is 2.91. The largest absolute Gasteiger partial charge is 0.347 e. The van der Waals surface area contributed by atoms with Gasteiger partial charge in [-0.3, -0.25) is 9.59 Å². The van der Waals surface area contributed by atoms with Crippen molar-refractivity contribution in [1.82, 2.24) is 5.32 Å². The van der Waals surface area contributed by atoms with Crippen LogP contribution in [0.3, 0.4) is 0 Å². The maximum atomic E-state index is 12.0. The van der Waals surface area contributed by atoms with Crippen molar-refractivity contribution in [2.75, 3.05) is 6.54 Å². The first-order valence-corrected chi connectivity index (χ1v) is 9.82. The molecule has 0 radical (unpaired) electrons. The molecule has 2 aromatic rings. The maximum Gasteiger partial charge on any atom is 0.261 e. The van der Waals surface area contributed by atoms with Crippen molar-refractivity contribution in [3.05, 3.63) is 61.2 Å². The molecule has 0 atom stereocenters. The van der Waals surface area contributed by atoms with Gasteiger partial charge in [0.2, 0.25) is 0 Å². The number of thiocarbonyl (C=S) groups is 1. The van der Waals surface area contributed by atoms with E-state index in [1.165, 1.54) is 17.4 Å². The molecule has 24 heavy (non-hydrogen) atoms. The normalized spacial score (nSPS) is 10.8. The Kier molecular flexibility index (Phi) is 7.48. The molecule has 1 N–H and O–H groups in total. The van der Waals surface area contributed by atoms with Crippen LogP contribution in [0, 0.1) is 0 Å². The smallest absolute Gasteiger partial charge is 0.261 e. The van der Waals surface area contributed by atoms with E-state index in [0.29, 0.717) is 9.74 Å². The lowest BCUT2D eigenvalue weighted by Crippen LogP contribution is -2.28. The third kappa shape index (κ3) is 6.39. The van der Waals surface area contributed by atoms with Gasteiger partial charge in [0, 0.05) is 26.8 Å². The summed E-state index contributed by atoms with van der Waals surface area (Å²) in [6.07, 6.45) is 3.37. The second-order valence-electron chi connectivity index (χ2n) is 4.88. The van der Waals surface area contributed by atoms with Gasteiger partial charge in [-0.25, -0.2) is 0 Å². The fraction of sp³-hybridized carbons (Fsp3) is 0.118. The van der Waals surface area contributed by atoms with Crippen molar-refractivity contribution >= 4 is 78.0 Å². The molecule has 3 nitrogen and oxygen atoms in total. The number of carbonyl (C=O) groups excluding carboxylic acids is 2. The van der Waals surface area contributed by atoms with E-state index in [-0.39, 0.29) is 24.7 Å². The van der Waals surface area contributed by atoms with Crippen molar-refractivity contribution in [2.45, 2.75) is 6.42 Å². The van der Waals surface area contributed by atoms with Crippen molar-refractivity contribution in [3.63, 3.8) is 0 Å². The molecule has 0 saturated carbocycles. The van der Waals surface area contributed by atoms with Crippen molar-refractivity contribution < 1.29 is 9.59 Å². The van der Waals surface area contributed by atoms with Gasteiger partial charge in [-0.2, -0.15) is 0 Å². The van der Waals surface area contributed by atoms with Crippen LogP contribution in [0.1, 0.15) is 21.7 Å². The van der Waals surface area contributed by atoms with Gasteiger partial charge in [0.1, 0.15) is 0 Å². The lowest BCUT2D eigenvalue weighted by molar-refractivity contribution is -0.113. The molecule has 1 heterocycles. The summed E-state index contributed by atoms with van der Waals surface area (Å²) in [4.78, 5) is 24.9. The quantitative estimate of drug-likeness (QED) is 0.440. The molecule has 0 saturated heterocycles. The highest BCUT2D eigenvalue weighted by Gasteiger charge is 2.08. The summed E-state index contributed by atoms with van der Waals surface area (Å²) in [7, 11) is 0. The molecule has 0 unspecified atom stereocenters. The summed E-state index contributed by atoms with van der Waals surface area (Å²) in [5.74, 6) is -0.268. The summed E-state index contributed by atoms with van der Waals surface area (Å²) < 4.78 is 1.85. The average molecular weight is 487 g/mol. The molecule has 0 bridgehead atoms. The van der Waals surface area contributed by atoms with Crippen molar-refractivity contribution in [2.24, 2.45) is 0 Å². The number of hydrogen-bond acceptors (Lipinski definition) is 4. The number of ketones is 1. The molecular weight excluding hydrogens is 474 g/mol. The molecule has 1 aromatic heterocycles. The van der Waals surface area contributed by atoms with Crippen molar-refractivity contribution in [3.8, 4) is 0 Å². The zero-order chi connectivity index (χ0) is 17.5. The zero-order valence-electron chi connectivity index (χ0n) is 12.4. The molecule has 0 aliphatic carbocycles. The molecule has 7 heteroatoms. The molecule has 0 fully saturated rings. The van der Waals surface area contributed by atoms with Crippen LogP contribution in [0.5, 0.6) is 0 Å². The van der Waals surface area contributed by atoms with E-state index in [1.54, 1.807) is 12.1 Å². The monoisotopic (exact) mass is 485 g/mol. The highest BCUT2D eigenvalue weighted by atomic mass is 79.9. The number of thiophene rings is 1. The highest BCUT2D eigenvalue weighted by Crippen LogP contribution is 2.20. The first-order chi connectivity index (χ1) is 11.4. The Hall–Kier alpha value is -1.15. The number of amides is 1. The Bertz CT molecular complexity index is 766. The summed E-state index contributed by atoms with van der Waals surface area (Å²) in [6.45, 7) is 0.216. The number of nitrogens with one attached hydrogen (secondary N) is 1. The van der Waals surface area contributed by atoms with Crippen LogP contribution in [-0.4, -0.2) is 23.1 Å². The van der Waals surface area contributed by atoms with Crippen LogP contribution in [0.4, 0.5) is 0 Å². The van der Waals surface area contributed by atoms with Crippen LogP contribution < -0.4 is 5.32 Å². The minimum Gasteiger partial charge on any atom is -0.347 e.